The zero-order valence-corrected chi connectivity index (χ0v) is 14.9. The van der Waals surface area contributed by atoms with Crippen LogP contribution in [0.3, 0.4) is 0 Å². The van der Waals surface area contributed by atoms with Crippen molar-refractivity contribution in [3.05, 3.63) is 83.9 Å². The first-order chi connectivity index (χ1) is 12.2. The second-order valence-corrected chi connectivity index (χ2v) is 6.69. The molecule has 1 atom stereocenters. The Labute approximate surface area is 153 Å². The quantitative estimate of drug-likeness (QED) is 0.710. The average Bonchev–Trinajstić information content (AvgIpc) is 3.12. The molecule has 3 heterocycles. The summed E-state index contributed by atoms with van der Waals surface area (Å²) < 4.78 is 2.29. The molecule has 1 N–H and O–H groups in total. The normalized spacial score (nSPS) is 16.4. The average molecular weight is 348 g/mol. The number of anilines is 1. The molecule has 1 aliphatic rings. The van der Waals surface area contributed by atoms with E-state index in [0.29, 0.717) is 0 Å². The van der Waals surface area contributed by atoms with Gasteiger partial charge in [-0.05, 0) is 55.0 Å². The number of hydrogen-bond donors (Lipinski definition) is 1. The van der Waals surface area contributed by atoms with Crippen LogP contribution in [0.4, 0.5) is 5.69 Å². The van der Waals surface area contributed by atoms with Gasteiger partial charge in [-0.2, -0.15) is 0 Å². The molecular formula is C20H20N4S. The van der Waals surface area contributed by atoms with E-state index in [-0.39, 0.29) is 6.04 Å². The number of thiocarbonyl (C=S) groups is 1. The van der Waals surface area contributed by atoms with Gasteiger partial charge in [-0.1, -0.05) is 23.8 Å². The van der Waals surface area contributed by atoms with Crippen LogP contribution in [0.15, 0.2) is 67.1 Å². The third kappa shape index (κ3) is 3.15. The summed E-state index contributed by atoms with van der Waals surface area (Å²) in [6.45, 7) is 3.87. The highest BCUT2D eigenvalue weighted by Crippen LogP contribution is 2.32. The molecule has 0 bridgehead atoms. The number of fused-ring (bicyclic) bond motifs is 1. The number of aryl methyl sites for hydroxylation is 1. The van der Waals surface area contributed by atoms with Crippen LogP contribution >= 0.6 is 12.2 Å². The van der Waals surface area contributed by atoms with Gasteiger partial charge in [-0.15, -0.1) is 0 Å². The fourth-order valence-corrected chi connectivity index (χ4v) is 3.64. The van der Waals surface area contributed by atoms with Gasteiger partial charge >= 0.3 is 0 Å². The van der Waals surface area contributed by atoms with Gasteiger partial charge in [0.1, 0.15) is 0 Å². The number of pyridine rings is 1. The highest BCUT2D eigenvalue weighted by molar-refractivity contribution is 7.80. The van der Waals surface area contributed by atoms with E-state index in [1.807, 2.05) is 12.3 Å². The summed E-state index contributed by atoms with van der Waals surface area (Å²) in [4.78, 5) is 6.56. The van der Waals surface area contributed by atoms with Gasteiger partial charge in [0.25, 0.3) is 0 Å². The van der Waals surface area contributed by atoms with Crippen LogP contribution in [0.5, 0.6) is 0 Å². The Morgan fingerprint density at radius 3 is 2.72 bits per heavy atom. The van der Waals surface area contributed by atoms with Crippen LogP contribution in [0, 0.1) is 6.92 Å². The van der Waals surface area contributed by atoms with Gasteiger partial charge in [-0.25, -0.2) is 0 Å². The number of benzene rings is 1. The standard InChI is InChI=1S/C20H20N4S/c1-15-6-8-17(9-7-15)22-20(25)24-13-12-23-11-3-5-18(23)19(24)16-4-2-10-21-14-16/h2-11,14,19H,12-13H2,1H3,(H,22,25)/t19-/m1/s1. The lowest BCUT2D eigenvalue weighted by molar-refractivity contribution is 0.293. The Kier molecular flexibility index (Phi) is 4.24. The Bertz CT molecular complexity index is 870. The predicted molar refractivity (Wildman–Crippen MR) is 105 cm³/mol. The summed E-state index contributed by atoms with van der Waals surface area (Å²) >= 11 is 5.75. The van der Waals surface area contributed by atoms with Crippen molar-refractivity contribution in [1.82, 2.24) is 14.5 Å². The minimum absolute atomic E-state index is 0.0721. The molecule has 0 spiro atoms. The lowest BCUT2D eigenvalue weighted by Crippen LogP contribution is -2.44. The van der Waals surface area contributed by atoms with Crippen molar-refractivity contribution in [3.8, 4) is 0 Å². The molecule has 0 saturated carbocycles. The van der Waals surface area contributed by atoms with Gasteiger partial charge in [0, 0.05) is 43.1 Å². The second-order valence-electron chi connectivity index (χ2n) is 6.30. The van der Waals surface area contributed by atoms with Crippen LogP contribution in [0.2, 0.25) is 0 Å². The van der Waals surface area contributed by atoms with E-state index in [1.54, 1.807) is 6.20 Å². The topological polar surface area (TPSA) is 33.1 Å². The minimum Gasteiger partial charge on any atom is -0.348 e. The maximum Gasteiger partial charge on any atom is 0.174 e. The zero-order valence-electron chi connectivity index (χ0n) is 14.1. The molecule has 25 heavy (non-hydrogen) atoms. The molecule has 1 aliphatic heterocycles. The highest BCUT2D eigenvalue weighted by atomic mass is 32.1. The molecule has 0 aliphatic carbocycles. The Morgan fingerprint density at radius 2 is 1.96 bits per heavy atom. The van der Waals surface area contributed by atoms with E-state index >= 15 is 0 Å². The number of nitrogens with one attached hydrogen (secondary N) is 1. The van der Waals surface area contributed by atoms with Crippen molar-refractivity contribution in [2.24, 2.45) is 0 Å². The molecular weight excluding hydrogens is 328 g/mol. The summed E-state index contributed by atoms with van der Waals surface area (Å²) in [6, 6.07) is 16.7. The molecule has 0 saturated heterocycles. The molecule has 5 heteroatoms. The summed E-state index contributed by atoms with van der Waals surface area (Å²) in [5.74, 6) is 0. The molecule has 126 valence electrons. The molecule has 0 amide bonds. The third-order valence-corrected chi connectivity index (χ3v) is 4.94. The van der Waals surface area contributed by atoms with E-state index in [0.717, 1.165) is 29.5 Å². The van der Waals surface area contributed by atoms with Crippen molar-refractivity contribution in [2.75, 3.05) is 11.9 Å². The maximum absolute atomic E-state index is 5.75. The molecule has 2 aromatic heterocycles. The molecule has 0 unspecified atom stereocenters. The number of hydrogen-bond acceptors (Lipinski definition) is 2. The van der Waals surface area contributed by atoms with Crippen molar-refractivity contribution in [2.45, 2.75) is 19.5 Å². The SMILES string of the molecule is Cc1ccc(NC(=S)N2CCn3cccc3[C@H]2c2cccnc2)cc1. The van der Waals surface area contributed by atoms with E-state index in [4.69, 9.17) is 12.2 Å². The second kappa shape index (κ2) is 6.69. The molecule has 1 aromatic carbocycles. The van der Waals surface area contributed by atoms with E-state index in [2.05, 4.69) is 75.4 Å². The van der Waals surface area contributed by atoms with Crippen molar-refractivity contribution < 1.29 is 0 Å². The Balaban J connectivity index is 1.65. The summed E-state index contributed by atoms with van der Waals surface area (Å²) in [5.41, 5.74) is 4.64. The first kappa shape index (κ1) is 15.8. The van der Waals surface area contributed by atoms with E-state index in [1.165, 1.54) is 11.3 Å². The highest BCUT2D eigenvalue weighted by Gasteiger charge is 2.30. The summed E-state index contributed by atoms with van der Waals surface area (Å²) in [6.07, 6.45) is 5.86. The minimum atomic E-state index is 0.0721. The van der Waals surface area contributed by atoms with Gasteiger partial charge in [-0.3, -0.25) is 4.98 Å². The monoisotopic (exact) mass is 348 g/mol. The van der Waals surface area contributed by atoms with Crippen molar-refractivity contribution in [3.63, 3.8) is 0 Å². The van der Waals surface area contributed by atoms with Gasteiger partial charge in [0.05, 0.1) is 6.04 Å². The lowest BCUT2D eigenvalue weighted by atomic mass is 10.0. The fourth-order valence-electron chi connectivity index (χ4n) is 3.32. The molecule has 0 radical (unpaired) electrons. The predicted octanol–water partition coefficient (Wildman–Crippen LogP) is 3.99. The number of nitrogens with zero attached hydrogens (tertiary/aromatic N) is 3. The molecule has 4 rings (SSSR count). The molecule has 3 aromatic rings. The van der Waals surface area contributed by atoms with Crippen LogP contribution in [-0.2, 0) is 6.54 Å². The van der Waals surface area contributed by atoms with E-state index < -0.39 is 0 Å². The Hall–Kier alpha value is -2.66. The van der Waals surface area contributed by atoms with Crippen LogP contribution in [0.1, 0.15) is 22.9 Å². The largest absolute Gasteiger partial charge is 0.348 e. The van der Waals surface area contributed by atoms with Crippen molar-refractivity contribution >= 4 is 23.0 Å². The summed E-state index contributed by atoms with van der Waals surface area (Å²) in [7, 11) is 0. The van der Waals surface area contributed by atoms with Crippen LogP contribution in [-0.4, -0.2) is 26.1 Å². The maximum atomic E-state index is 5.75. The van der Waals surface area contributed by atoms with Crippen molar-refractivity contribution in [1.29, 1.82) is 0 Å². The first-order valence-electron chi connectivity index (χ1n) is 8.41. The first-order valence-corrected chi connectivity index (χ1v) is 8.82. The smallest absolute Gasteiger partial charge is 0.174 e. The van der Waals surface area contributed by atoms with E-state index in [9.17, 15) is 0 Å². The fraction of sp³-hybridized carbons (Fsp3) is 0.200. The van der Waals surface area contributed by atoms with Crippen LogP contribution in [0.25, 0.3) is 0 Å². The number of rotatable bonds is 2. The molecule has 0 fully saturated rings. The van der Waals surface area contributed by atoms with Gasteiger partial charge in [0.2, 0.25) is 0 Å². The van der Waals surface area contributed by atoms with Gasteiger partial charge < -0.3 is 14.8 Å². The summed E-state index contributed by atoms with van der Waals surface area (Å²) in [5, 5.41) is 4.13. The molecule has 4 nitrogen and oxygen atoms in total. The number of aromatic nitrogens is 2. The third-order valence-electron chi connectivity index (χ3n) is 4.60. The zero-order chi connectivity index (χ0) is 17.2. The van der Waals surface area contributed by atoms with Gasteiger partial charge in [0.15, 0.2) is 5.11 Å². The van der Waals surface area contributed by atoms with Crippen LogP contribution < -0.4 is 5.32 Å². The Morgan fingerprint density at radius 1 is 1.12 bits per heavy atom. The lowest BCUT2D eigenvalue weighted by Gasteiger charge is -2.38.